The van der Waals surface area contributed by atoms with Crippen molar-refractivity contribution in [1.29, 1.82) is 0 Å². The molecule has 0 radical (unpaired) electrons. The number of nitrogens with two attached hydrogens (primary N) is 1. The number of nitrogens with one attached hydrogen (secondary N) is 1. The summed E-state index contributed by atoms with van der Waals surface area (Å²) in [6.45, 7) is 3.80. The molecule has 0 aliphatic carbocycles. The van der Waals surface area contributed by atoms with Crippen LogP contribution in [0.1, 0.15) is 31.9 Å². The number of fused-ring (bicyclic) bond motifs is 1. The third-order valence-corrected chi connectivity index (χ3v) is 5.64. The lowest BCUT2D eigenvalue weighted by atomic mass is 10.1. The summed E-state index contributed by atoms with van der Waals surface area (Å²) in [5.41, 5.74) is 11.5. The minimum absolute atomic E-state index is 0.287. The summed E-state index contributed by atoms with van der Waals surface area (Å²) < 4.78 is 7.70. The molecule has 0 aromatic carbocycles. The first-order chi connectivity index (χ1) is 14.7. The molecule has 154 valence electrons. The molecule has 3 N–H and O–H groups in total. The van der Waals surface area contributed by atoms with Gasteiger partial charge >= 0.3 is 0 Å². The number of aromatic amines is 1. The van der Waals surface area contributed by atoms with Gasteiger partial charge in [-0.15, -0.1) is 0 Å². The van der Waals surface area contributed by atoms with Crippen molar-refractivity contribution >= 4 is 17.0 Å². The lowest BCUT2D eigenvalue weighted by molar-refractivity contribution is 0.0994. The second-order valence-corrected chi connectivity index (χ2v) is 7.69. The van der Waals surface area contributed by atoms with Crippen LogP contribution in [0.25, 0.3) is 33.4 Å². The van der Waals surface area contributed by atoms with Gasteiger partial charge < -0.3 is 15.5 Å². The maximum absolute atomic E-state index is 5.91. The van der Waals surface area contributed by atoms with Gasteiger partial charge in [0, 0.05) is 59.5 Å². The molecule has 1 aliphatic heterocycles. The van der Waals surface area contributed by atoms with Gasteiger partial charge in [-0.25, -0.2) is 15.0 Å². The second-order valence-electron chi connectivity index (χ2n) is 7.69. The van der Waals surface area contributed by atoms with Crippen LogP contribution < -0.4 is 5.73 Å². The number of rotatable bonds is 6. The van der Waals surface area contributed by atoms with Crippen LogP contribution in [0.3, 0.4) is 0 Å². The fourth-order valence-electron chi connectivity index (χ4n) is 3.99. The predicted octanol–water partition coefficient (Wildman–Crippen LogP) is 3.60. The summed E-state index contributed by atoms with van der Waals surface area (Å²) in [7, 11) is 0. The van der Waals surface area contributed by atoms with Crippen molar-refractivity contribution in [3.8, 4) is 22.4 Å². The topological polar surface area (TPSA) is 108 Å². The maximum Gasteiger partial charge on any atom is 0.220 e. The molecule has 1 saturated heterocycles. The molecule has 4 aromatic heterocycles. The summed E-state index contributed by atoms with van der Waals surface area (Å²) in [6.07, 6.45) is 12.2. The van der Waals surface area contributed by atoms with Gasteiger partial charge in [-0.1, -0.05) is 6.92 Å². The largest absolute Gasteiger partial charge is 0.378 e. The molecular weight excluding hydrogens is 378 g/mol. The van der Waals surface area contributed by atoms with Gasteiger partial charge in [0.15, 0.2) is 0 Å². The highest BCUT2D eigenvalue weighted by Crippen LogP contribution is 2.30. The van der Waals surface area contributed by atoms with E-state index in [1.807, 2.05) is 29.3 Å². The molecular formula is C22H25N7O. The molecule has 1 fully saturated rings. The summed E-state index contributed by atoms with van der Waals surface area (Å²) >= 11 is 0. The summed E-state index contributed by atoms with van der Waals surface area (Å²) in [5, 5.41) is 5.52. The molecule has 0 saturated carbocycles. The number of nitrogens with zero attached hydrogens (tertiary/aromatic N) is 5. The van der Waals surface area contributed by atoms with Gasteiger partial charge in [-0.3, -0.25) is 4.68 Å². The number of pyridine rings is 1. The first-order valence-corrected chi connectivity index (χ1v) is 10.4. The molecule has 30 heavy (non-hydrogen) atoms. The zero-order valence-electron chi connectivity index (χ0n) is 17.0. The Hall–Kier alpha value is -3.26. The number of aryl methyl sites for hydroxylation is 2. The minimum Gasteiger partial charge on any atom is -0.378 e. The number of ether oxygens (including phenoxy) is 1. The van der Waals surface area contributed by atoms with Crippen molar-refractivity contribution in [3.05, 3.63) is 42.6 Å². The van der Waals surface area contributed by atoms with Gasteiger partial charge in [0.1, 0.15) is 5.65 Å². The number of hydrogen-bond acceptors (Lipinski definition) is 6. The van der Waals surface area contributed by atoms with E-state index in [2.05, 4.69) is 44.2 Å². The third kappa shape index (κ3) is 3.66. The summed E-state index contributed by atoms with van der Waals surface area (Å²) in [4.78, 5) is 16.5. The average Bonchev–Trinajstić information content (AvgIpc) is 3.51. The van der Waals surface area contributed by atoms with E-state index in [0.29, 0.717) is 6.10 Å². The lowest BCUT2D eigenvalue weighted by Crippen LogP contribution is -2.10. The summed E-state index contributed by atoms with van der Waals surface area (Å²) in [6, 6.07) is 4.11. The Morgan fingerprint density at radius 3 is 3.00 bits per heavy atom. The zero-order valence-corrected chi connectivity index (χ0v) is 17.0. The number of anilines is 1. The molecule has 8 nitrogen and oxygen atoms in total. The smallest absolute Gasteiger partial charge is 0.220 e. The summed E-state index contributed by atoms with van der Waals surface area (Å²) in [5.74, 6) is 0.287. The monoisotopic (exact) mass is 403 g/mol. The molecule has 1 unspecified atom stereocenters. The molecule has 5 heterocycles. The third-order valence-electron chi connectivity index (χ3n) is 5.64. The number of H-pyrrole nitrogens is 1. The van der Waals surface area contributed by atoms with E-state index in [9.17, 15) is 0 Å². The van der Waals surface area contributed by atoms with E-state index in [0.717, 1.165) is 77.9 Å². The van der Waals surface area contributed by atoms with E-state index in [4.69, 9.17) is 10.5 Å². The zero-order chi connectivity index (χ0) is 20.5. The van der Waals surface area contributed by atoms with Crippen molar-refractivity contribution in [2.75, 3.05) is 12.3 Å². The fourth-order valence-corrected chi connectivity index (χ4v) is 3.99. The van der Waals surface area contributed by atoms with Gasteiger partial charge in [0.25, 0.3) is 0 Å². The molecule has 0 amide bonds. The van der Waals surface area contributed by atoms with Crippen LogP contribution in [-0.4, -0.2) is 42.4 Å². The molecule has 5 rings (SSSR count). The van der Waals surface area contributed by atoms with Crippen molar-refractivity contribution in [2.45, 2.75) is 45.3 Å². The molecule has 4 aromatic rings. The van der Waals surface area contributed by atoms with Gasteiger partial charge in [-0.2, -0.15) is 5.10 Å². The van der Waals surface area contributed by atoms with Crippen LogP contribution in [0.5, 0.6) is 0 Å². The highest BCUT2D eigenvalue weighted by Gasteiger charge is 2.16. The highest BCUT2D eigenvalue weighted by atomic mass is 16.5. The molecule has 1 atom stereocenters. The normalized spacial score (nSPS) is 16.5. The van der Waals surface area contributed by atoms with Crippen LogP contribution in [-0.2, 0) is 17.7 Å². The molecule has 1 aliphatic rings. The Balaban J connectivity index is 1.44. The minimum atomic E-state index is 0.287. The highest BCUT2D eigenvalue weighted by molar-refractivity contribution is 5.95. The van der Waals surface area contributed by atoms with Crippen molar-refractivity contribution < 1.29 is 4.74 Å². The van der Waals surface area contributed by atoms with Crippen molar-refractivity contribution in [2.24, 2.45) is 0 Å². The van der Waals surface area contributed by atoms with E-state index >= 15 is 0 Å². The Bertz CT molecular complexity index is 1170. The number of hydrogen-bond donors (Lipinski definition) is 2. The Morgan fingerprint density at radius 2 is 2.17 bits per heavy atom. The Kier molecular flexibility index (Phi) is 4.92. The van der Waals surface area contributed by atoms with E-state index in [-0.39, 0.29) is 5.95 Å². The Morgan fingerprint density at radius 1 is 1.23 bits per heavy atom. The SMILES string of the molecule is CCc1cc(-c2c[nH]c3ncc(-c4cnn(CCC5CCCO5)c4)cc23)nc(N)n1. The predicted molar refractivity (Wildman–Crippen MR) is 116 cm³/mol. The van der Waals surface area contributed by atoms with Crippen molar-refractivity contribution in [3.63, 3.8) is 0 Å². The molecule has 8 heteroatoms. The fraction of sp³-hybridized carbons (Fsp3) is 0.364. The van der Waals surface area contributed by atoms with E-state index < -0.39 is 0 Å². The maximum atomic E-state index is 5.91. The van der Waals surface area contributed by atoms with E-state index in [1.165, 1.54) is 0 Å². The second kappa shape index (κ2) is 7.87. The van der Waals surface area contributed by atoms with Crippen LogP contribution in [0, 0.1) is 0 Å². The van der Waals surface area contributed by atoms with Crippen LogP contribution in [0.4, 0.5) is 5.95 Å². The number of nitrogen functional groups attached to an aromatic ring is 1. The lowest BCUT2D eigenvalue weighted by Gasteiger charge is -2.08. The Labute approximate surface area is 174 Å². The van der Waals surface area contributed by atoms with Gasteiger partial charge in [-0.05, 0) is 37.8 Å². The average molecular weight is 403 g/mol. The standard InChI is InChI=1S/C22H25N7O/c1-2-16-9-20(28-22(23)27-16)19-12-25-21-18(19)8-14(10-24-21)15-11-26-29(13-15)6-5-17-4-3-7-30-17/h8-13,17H,2-7H2,1H3,(H,24,25)(H2,23,27,28). The van der Waals surface area contributed by atoms with Gasteiger partial charge in [0.2, 0.25) is 5.95 Å². The van der Waals surface area contributed by atoms with Crippen LogP contribution in [0.2, 0.25) is 0 Å². The first kappa shape index (κ1) is 18.7. The number of aromatic nitrogens is 6. The first-order valence-electron chi connectivity index (χ1n) is 10.4. The van der Waals surface area contributed by atoms with Gasteiger partial charge in [0.05, 0.1) is 18.0 Å². The van der Waals surface area contributed by atoms with Crippen LogP contribution in [0.15, 0.2) is 36.9 Å². The molecule has 0 bridgehead atoms. The van der Waals surface area contributed by atoms with Crippen LogP contribution >= 0.6 is 0 Å². The van der Waals surface area contributed by atoms with Crippen molar-refractivity contribution in [1.82, 2.24) is 29.7 Å². The van der Waals surface area contributed by atoms with E-state index in [1.54, 1.807) is 0 Å². The quantitative estimate of drug-likeness (QED) is 0.509. The molecule has 0 spiro atoms.